The lowest BCUT2D eigenvalue weighted by Crippen LogP contribution is -2.05. The number of nitrogens with two attached hydrogens (primary N) is 1. The Labute approximate surface area is 90.7 Å². The number of hydrogen-bond donors (Lipinski definition) is 1. The van der Waals surface area contributed by atoms with Crippen LogP contribution in [-0.2, 0) is 6.54 Å². The van der Waals surface area contributed by atoms with Crippen molar-refractivity contribution in [3.63, 3.8) is 0 Å². The van der Waals surface area contributed by atoms with Gasteiger partial charge in [-0.15, -0.1) is 0 Å². The van der Waals surface area contributed by atoms with Crippen molar-refractivity contribution < 1.29 is 4.92 Å². The molecule has 7 nitrogen and oxygen atoms in total. The van der Waals surface area contributed by atoms with Gasteiger partial charge >= 0.3 is 5.82 Å². The first kappa shape index (κ1) is 10.1. The Hall–Kier alpha value is -2.44. The second kappa shape index (κ2) is 3.97. The molecular formula is C9H9N5O2. The lowest BCUT2D eigenvalue weighted by atomic mass is 10.2. The van der Waals surface area contributed by atoms with Crippen molar-refractivity contribution in [3.8, 4) is 0 Å². The van der Waals surface area contributed by atoms with Crippen LogP contribution in [0, 0.1) is 10.1 Å². The number of anilines is 1. The maximum Gasteiger partial charge on any atom is 0.389 e. The minimum atomic E-state index is -0.539. The Morgan fingerprint density at radius 1 is 1.50 bits per heavy atom. The molecule has 0 unspecified atom stereocenters. The van der Waals surface area contributed by atoms with Gasteiger partial charge in [0.25, 0.3) is 0 Å². The molecular weight excluding hydrogens is 210 g/mol. The van der Waals surface area contributed by atoms with E-state index in [4.69, 9.17) is 5.73 Å². The number of nitrogen functional groups attached to an aromatic ring is 1. The Kier molecular flexibility index (Phi) is 2.50. The molecule has 2 aromatic heterocycles. The topological polar surface area (TPSA) is 99.9 Å². The predicted molar refractivity (Wildman–Crippen MR) is 56.6 cm³/mol. The monoisotopic (exact) mass is 219 g/mol. The third kappa shape index (κ3) is 1.97. The third-order valence-corrected chi connectivity index (χ3v) is 2.07. The normalized spacial score (nSPS) is 10.2. The average molecular weight is 219 g/mol. The van der Waals surface area contributed by atoms with E-state index in [0.29, 0.717) is 12.4 Å². The molecule has 0 spiro atoms. The molecule has 0 aliphatic rings. The third-order valence-electron chi connectivity index (χ3n) is 2.07. The fourth-order valence-corrected chi connectivity index (χ4v) is 1.30. The van der Waals surface area contributed by atoms with Gasteiger partial charge in [0.15, 0.2) is 0 Å². The quantitative estimate of drug-likeness (QED) is 0.608. The molecule has 0 saturated heterocycles. The molecule has 0 bridgehead atoms. The summed E-state index contributed by atoms with van der Waals surface area (Å²) < 4.78 is 1.45. The molecule has 2 N–H and O–H groups in total. The average Bonchev–Trinajstić information content (AvgIpc) is 2.70. The van der Waals surface area contributed by atoms with Crippen molar-refractivity contribution in [1.29, 1.82) is 0 Å². The van der Waals surface area contributed by atoms with Crippen molar-refractivity contribution in [1.82, 2.24) is 14.8 Å². The molecule has 0 aliphatic carbocycles. The Morgan fingerprint density at radius 3 is 2.94 bits per heavy atom. The fraction of sp³-hybridized carbons (Fsp3) is 0.111. The van der Waals surface area contributed by atoms with Gasteiger partial charge in [-0.05, 0) is 11.0 Å². The molecule has 0 aromatic carbocycles. The van der Waals surface area contributed by atoms with Gasteiger partial charge in [-0.3, -0.25) is 0 Å². The maximum atomic E-state index is 10.4. The summed E-state index contributed by atoms with van der Waals surface area (Å²) in [7, 11) is 0. The number of nitrogens with zero attached hydrogens (tertiary/aromatic N) is 4. The highest BCUT2D eigenvalue weighted by molar-refractivity contribution is 5.38. The lowest BCUT2D eigenvalue weighted by Gasteiger charge is -2.00. The van der Waals surface area contributed by atoms with Crippen LogP contribution >= 0.6 is 0 Å². The number of pyridine rings is 1. The van der Waals surface area contributed by atoms with Crippen molar-refractivity contribution in [2.45, 2.75) is 6.54 Å². The van der Waals surface area contributed by atoms with Crippen LogP contribution in [0.15, 0.2) is 30.6 Å². The van der Waals surface area contributed by atoms with E-state index < -0.39 is 4.92 Å². The smallest absolute Gasteiger partial charge is 0.383 e. The van der Waals surface area contributed by atoms with Gasteiger partial charge in [0, 0.05) is 11.8 Å². The maximum absolute atomic E-state index is 10.4. The molecule has 0 atom stereocenters. The van der Waals surface area contributed by atoms with Gasteiger partial charge in [-0.2, -0.15) is 4.68 Å². The summed E-state index contributed by atoms with van der Waals surface area (Å²) in [5.41, 5.74) is 6.43. The minimum absolute atomic E-state index is 0.178. The highest BCUT2D eigenvalue weighted by Crippen LogP contribution is 2.11. The van der Waals surface area contributed by atoms with E-state index in [2.05, 4.69) is 10.1 Å². The highest BCUT2D eigenvalue weighted by Gasteiger charge is 2.11. The largest absolute Gasteiger partial charge is 0.389 e. The molecule has 0 saturated carbocycles. The molecule has 82 valence electrons. The zero-order chi connectivity index (χ0) is 11.5. The molecule has 0 radical (unpaired) electrons. The van der Waals surface area contributed by atoms with E-state index in [1.54, 1.807) is 18.3 Å². The van der Waals surface area contributed by atoms with Crippen LogP contribution in [0.4, 0.5) is 11.6 Å². The molecule has 0 amide bonds. The van der Waals surface area contributed by atoms with Gasteiger partial charge in [-0.25, -0.2) is 4.98 Å². The van der Waals surface area contributed by atoms with Crippen molar-refractivity contribution in [3.05, 3.63) is 46.3 Å². The zero-order valence-electron chi connectivity index (χ0n) is 8.28. The summed E-state index contributed by atoms with van der Waals surface area (Å²) in [6.45, 7) is 0.369. The molecule has 0 fully saturated rings. The fourth-order valence-electron chi connectivity index (χ4n) is 1.30. The van der Waals surface area contributed by atoms with Crippen molar-refractivity contribution in [2.75, 3.05) is 5.73 Å². The van der Waals surface area contributed by atoms with Crippen LogP contribution in [0.1, 0.15) is 5.56 Å². The van der Waals surface area contributed by atoms with E-state index in [1.165, 1.54) is 16.9 Å². The predicted octanol–water partition coefficient (Wildman–Crippen LogP) is 0.817. The number of aromatic nitrogens is 3. The standard InChI is InChI=1S/C9H9N5O2/c10-9-7(2-1-4-11-9)6-13-5-3-8(12-13)14(15)16/h1-5H,6H2,(H2,10,11). The summed E-state index contributed by atoms with van der Waals surface area (Å²) in [6, 6.07) is 4.89. The molecule has 7 heteroatoms. The number of rotatable bonds is 3. The lowest BCUT2D eigenvalue weighted by molar-refractivity contribution is -0.389. The van der Waals surface area contributed by atoms with Gasteiger partial charge in [-0.1, -0.05) is 6.07 Å². The summed E-state index contributed by atoms with van der Waals surface area (Å²) in [5.74, 6) is 0.225. The molecule has 2 heterocycles. The minimum Gasteiger partial charge on any atom is -0.383 e. The van der Waals surface area contributed by atoms with Gasteiger partial charge < -0.3 is 15.8 Å². The Morgan fingerprint density at radius 2 is 2.31 bits per heavy atom. The number of hydrogen-bond acceptors (Lipinski definition) is 5. The van der Waals surface area contributed by atoms with Crippen LogP contribution in [-0.4, -0.2) is 19.7 Å². The first-order valence-corrected chi connectivity index (χ1v) is 4.54. The van der Waals surface area contributed by atoms with Crippen LogP contribution in [0.25, 0.3) is 0 Å². The molecule has 0 aliphatic heterocycles. The summed E-state index contributed by atoms with van der Waals surface area (Å²) in [5, 5.41) is 14.2. The van der Waals surface area contributed by atoms with Gasteiger partial charge in [0.05, 0.1) is 23.9 Å². The second-order valence-corrected chi connectivity index (χ2v) is 3.18. The van der Waals surface area contributed by atoms with Crippen LogP contribution in [0.5, 0.6) is 0 Å². The van der Waals surface area contributed by atoms with Crippen molar-refractivity contribution in [2.24, 2.45) is 0 Å². The van der Waals surface area contributed by atoms with E-state index in [1.807, 2.05) is 0 Å². The van der Waals surface area contributed by atoms with Crippen LogP contribution in [0.2, 0.25) is 0 Å². The Balaban J connectivity index is 2.21. The first-order chi connectivity index (χ1) is 7.66. The first-order valence-electron chi connectivity index (χ1n) is 4.54. The van der Waals surface area contributed by atoms with E-state index >= 15 is 0 Å². The van der Waals surface area contributed by atoms with Gasteiger partial charge in [0.1, 0.15) is 5.82 Å². The van der Waals surface area contributed by atoms with Crippen molar-refractivity contribution >= 4 is 11.6 Å². The van der Waals surface area contributed by atoms with E-state index in [0.717, 1.165) is 5.56 Å². The summed E-state index contributed by atoms with van der Waals surface area (Å²) >= 11 is 0. The van der Waals surface area contributed by atoms with Crippen LogP contribution in [0.3, 0.4) is 0 Å². The van der Waals surface area contributed by atoms with E-state index in [9.17, 15) is 10.1 Å². The highest BCUT2D eigenvalue weighted by atomic mass is 16.6. The summed E-state index contributed by atoms with van der Waals surface area (Å²) in [4.78, 5) is 13.8. The molecule has 2 aromatic rings. The molecule has 16 heavy (non-hydrogen) atoms. The Bertz CT molecular complexity index is 522. The van der Waals surface area contributed by atoms with Crippen LogP contribution < -0.4 is 5.73 Å². The second-order valence-electron chi connectivity index (χ2n) is 3.18. The summed E-state index contributed by atoms with van der Waals surface area (Å²) in [6.07, 6.45) is 3.12. The van der Waals surface area contributed by atoms with E-state index in [-0.39, 0.29) is 5.82 Å². The molecule has 2 rings (SSSR count). The van der Waals surface area contributed by atoms with Gasteiger partial charge in [0.2, 0.25) is 0 Å². The zero-order valence-corrected chi connectivity index (χ0v) is 8.28. The SMILES string of the molecule is Nc1ncccc1Cn1ccc([N+](=O)[O-])n1. The number of nitro groups is 1.